The molecule has 0 unspecified atom stereocenters. The van der Waals surface area contributed by atoms with Gasteiger partial charge in [0.25, 0.3) is 0 Å². The van der Waals surface area contributed by atoms with E-state index in [2.05, 4.69) is 41.1 Å². The van der Waals surface area contributed by atoms with E-state index < -0.39 is 0 Å². The summed E-state index contributed by atoms with van der Waals surface area (Å²) >= 11 is 0. The standard InChI is InChI=1S/C24H30N2O4/c1-25-11-13-26(14-12-25)21-9-7-20(8-10-21)23-29-17-24(18-30-23)15-27-22(28-16-24)19-5-3-2-4-6-19/h2-10,22-23H,11-18H2,1H3. The summed E-state index contributed by atoms with van der Waals surface area (Å²) in [7, 11) is 2.18. The minimum atomic E-state index is -0.330. The van der Waals surface area contributed by atoms with Crippen molar-refractivity contribution in [3.8, 4) is 0 Å². The van der Waals surface area contributed by atoms with Crippen molar-refractivity contribution in [2.75, 3.05) is 64.6 Å². The van der Waals surface area contributed by atoms with Gasteiger partial charge in [-0.05, 0) is 19.2 Å². The van der Waals surface area contributed by atoms with E-state index in [1.54, 1.807) is 0 Å². The van der Waals surface area contributed by atoms with Crippen LogP contribution in [-0.2, 0) is 18.9 Å². The first-order valence-corrected chi connectivity index (χ1v) is 10.8. The Labute approximate surface area is 178 Å². The highest BCUT2D eigenvalue weighted by molar-refractivity contribution is 5.48. The van der Waals surface area contributed by atoms with E-state index in [0.717, 1.165) is 37.3 Å². The normalized spacial score (nSPS) is 30.5. The van der Waals surface area contributed by atoms with Crippen LogP contribution in [0, 0.1) is 5.41 Å². The van der Waals surface area contributed by atoms with Crippen LogP contribution in [0.25, 0.3) is 0 Å². The van der Waals surface area contributed by atoms with Gasteiger partial charge in [-0.1, -0.05) is 42.5 Å². The zero-order valence-corrected chi connectivity index (χ0v) is 17.5. The number of hydrogen-bond donors (Lipinski definition) is 0. The van der Waals surface area contributed by atoms with Crippen LogP contribution < -0.4 is 4.90 Å². The summed E-state index contributed by atoms with van der Waals surface area (Å²) in [6.45, 7) is 6.63. The molecule has 6 heteroatoms. The van der Waals surface area contributed by atoms with E-state index >= 15 is 0 Å². The van der Waals surface area contributed by atoms with Crippen LogP contribution in [0.4, 0.5) is 5.69 Å². The summed E-state index contributed by atoms with van der Waals surface area (Å²) in [5, 5.41) is 0. The second-order valence-corrected chi connectivity index (χ2v) is 8.70. The quantitative estimate of drug-likeness (QED) is 0.774. The fourth-order valence-electron chi connectivity index (χ4n) is 4.26. The van der Waals surface area contributed by atoms with Crippen LogP contribution >= 0.6 is 0 Å². The maximum absolute atomic E-state index is 6.10. The molecule has 0 aromatic heterocycles. The minimum Gasteiger partial charge on any atom is -0.369 e. The van der Waals surface area contributed by atoms with Gasteiger partial charge in [0.2, 0.25) is 0 Å². The van der Waals surface area contributed by atoms with Gasteiger partial charge < -0.3 is 28.7 Å². The van der Waals surface area contributed by atoms with E-state index in [-0.39, 0.29) is 18.0 Å². The number of hydrogen-bond acceptors (Lipinski definition) is 6. The monoisotopic (exact) mass is 410 g/mol. The van der Waals surface area contributed by atoms with Crippen molar-refractivity contribution in [2.45, 2.75) is 12.6 Å². The van der Waals surface area contributed by atoms with Gasteiger partial charge in [-0.15, -0.1) is 0 Å². The van der Waals surface area contributed by atoms with Gasteiger partial charge >= 0.3 is 0 Å². The number of nitrogens with zero attached hydrogens (tertiary/aromatic N) is 2. The molecule has 0 radical (unpaired) electrons. The van der Waals surface area contributed by atoms with Crippen LogP contribution in [-0.4, -0.2) is 64.6 Å². The number of piperazine rings is 1. The summed E-state index contributed by atoms with van der Waals surface area (Å²) in [5.74, 6) is 0. The van der Waals surface area contributed by atoms with E-state index in [1.165, 1.54) is 5.69 Å². The molecule has 0 amide bonds. The third-order valence-corrected chi connectivity index (χ3v) is 6.27. The van der Waals surface area contributed by atoms with Gasteiger partial charge in [-0.25, -0.2) is 0 Å². The Bertz CT molecular complexity index is 803. The first-order valence-electron chi connectivity index (χ1n) is 10.8. The summed E-state index contributed by atoms with van der Waals surface area (Å²) < 4.78 is 24.2. The molecule has 0 atom stereocenters. The molecule has 1 spiro atoms. The van der Waals surface area contributed by atoms with Crippen molar-refractivity contribution in [2.24, 2.45) is 5.41 Å². The lowest BCUT2D eigenvalue weighted by atomic mass is 9.90. The minimum absolute atomic E-state index is 0.235. The molecule has 2 aromatic rings. The number of likely N-dealkylation sites (N-methyl/N-ethyl adjacent to an activating group) is 1. The molecule has 5 rings (SSSR count). The Kier molecular flexibility index (Phi) is 5.76. The first kappa shape index (κ1) is 20.0. The number of ether oxygens (including phenoxy) is 4. The molecule has 3 fully saturated rings. The zero-order chi connectivity index (χ0) is 20.4. The van der Waals surface area contributed by atoms with E-state index in [1.807, 2.05) is 30.3 Å². The molecule has 3 aliphatic rings. The Balaban J connectivity index is 1.15. The highest BCUT2D eigenvalue weighted by Crippen LogP contribution is 2.38. The molecule has 0 bridgehead atoms. The molecule has 6 nitrogen and oxygen atoms in total. The third-order valence-electron chi connectivity index (χ3n) is 6.27. The highest BCUT2D eigenvalue weighted by atomic mass is 16.7. The van der Waals surface area contributed by atoms with E-state index in [4.69, 9.17) is 18.9 Å². The first-order chi connectivity index (χ1) is 14.7. The van der Waals surface area contributed by atoms with Gasteiger partial charge in [0, 0.05) is 43.0 Å². The predicted octanol–water partition coefficient (Wildman–Crippen LogP) is 3.22. The molecule has 0 N–H and O–H groups in total. The maximum atomic E-state index is 6.10. The van der Waals surface area contributed by atoms with Crippen LogP contribution in [0.3, 0.4) is 0 Å². The lowest BCUT2D eigenvalue weighted by molar-refractivity contribution is -0.307. The van der Waals surface area contributed by atoms with Crippen molar-refractivity contribution in [3.05, 3.63) is 65.7 Å². The lowest BCUT2D eigenvalue weighted by Gasteiger charge is -2.43. The maximum Gasteiger partial charge on any atom is 0.183 e. The van der Waals surface area contributed by atoms with Crippen molar-refractivity contribution in [1.29, 1.82) is 0 Å². The van der Waals surface area contributed by atoms with Gasteiger partial charge in [0.05, 0.1) is 31.8 Å². The largest absolute Gasteiger partial charge is 0.369 e. The van der Waals surface area contributed by atoms with Gasteiger partial charge in [0.15, 0.2) is 12.6 Å². The Morgan fingerprint density at radius 1 is 0.667 bits per heavy atom. The van der Waals surface area contributed by atoms with Gasteiger partial charge in [-0.3, -0.25) is 0 Å². The summed E-state index contributed by atoms with van der Waals surface area (Å²) in [6.07, 6.45) is -0.638. The number of anilines is 1. The number of rotatable bonds is 3. The average Bonchev–Trinajstić information content (AvgIpc) is 2.81. The Morgan fingerprint density at radius 2 is 1.17 bits per heavy atom. The van der Waals surface area contributed by atoms with Crippen LogP contribution in [0.5, 0.6) is 0 Å². The van der Waals surface area contributed by atoms with Gasteiger partial charge in [-0.2, -0.15) is 0 Å². The second-order valence-electron chi connectivity index (χ2n) is 8.70. The summed E-state index contributed by atoms with van der Waals surface area (Å²) in [6, 6.07) is 18.6. The molecular weight excluding hydrogens is 380 g/mol. The zero-order valence-electron chi connectivity index (χ0n) is 17.5. The fourth-order valence-corrected chi connectivity index (χ4v) is 4.26. The molecule has 160 valence electrons. The smallest absolute Gasteiger partial charge is 0.183 e. The van der Waals surface area contributed by atoms with Crippen molar-refractivity contribution < 1.29 is 18.9 Å². The fraction of sp³-hybridized carbons (Fsp3) is 0.500. The van der Waals surface area contributed by atoms with E-state index in [9.17, 15) is 0 Å². The molecule has 3 saturated heterocycles. The van der Waals surface area contributed by atoms with Gasteiger partial charge in [0.1, 0.15) is 0 Å². The molecule has 3 aliphatic heterocycles. The molecule has 3 heterocycles. The van der Waals surface area contributed by atoms with Crippen molar-refractivity contribution >= 4 is 5.69 Å². The van der Waals surface area contributed by atoms with Crippen LogP contribution in [0.15, 0.2) is 54.6 Å². The second kappa shape index (κ2) is 8.65. The molecule has 0 saturated carbocycles. The number of benzene rings is 2. The SMILES string of the molecule is CN1CCN(c2ccc(C3OCC4(COC(c5ccccc5)OC4)CO3)cc2)CC1. The predicted molar refractivity (Wildman–Crippen MR) is 114 cm³/mol. The molecule has 30 heavy (non-hydrogen) atoms. The summed E-state index contributed by atoms with van der Waals surface area (Å²) in [5.41, 5.74) is 3.13. The van der Waals surface area contributed by atoms with Crippen molar-refractivity contribution in [3.63, 3.8) is 0 Å². The summed E-state index contributed by atoms with van der Waals surface area (Å²) in [4.78, 5) is 4.80. The van der Waals surface area contributed by atoms with Crippen LogP contribution in [0.1, 0.15) is 23.7 Å². The third kappa shape index (κ3) is 4.24. The average molecular weight is 411 g/mol. The Morgan fingerprint density at radius 3 is 1.70 bits per heavy atom. The lowest BCUT2D eigenvalue weighted by Crippen LogP contribution is -2.49. The van der Waals surface area contributed by atoms with Crippen molar-refractivity contribution in [1.82, 2.24) is 4.90 Å². The molecular formula is C24H30N2O4. The van der Waals surface area contributed by atoms with Crippen LogP contribution in [0.2, 0.25) is 0 Å². The highest BCUT2D eigenvalue weighted by Gasteiger charge is 2.42. The topological polar surface area (TPSA) is 43.4 Å². The molecule has 2 aromatic carbocycles. The Hall–Kier alpha value is -1.96. The molecule has 0 aliphatic carbocycles. The van der Waals surface area contributed by atoms with E-state index in [0.29, 0.717) is 26.4 Å².